The molecule has 0 radical (unpaired) electrons. The maximum Gasteiger partial charge on any atom is 0.257 e. The van der Waals surface area contributed by atoms with Crippen LogP contribution in [0.25, 0.3) is 0 Å². The smallest absolute Gasteiger partial charge is 0.257 e. The number of anilines is 1. The van der Waals surface area contributed by atoms with Crippen LogP contribution in [-0.4, -0.2) is 61.9 Å². The van der Waals surface area contributed by atoms with E-state index >= 15 is 0 Å². The van der Waals surface area contributed by atoms with Crippen molar-refractivity contribution in [1.82, 2.24) is 4.90 Å². The third kappa shape index (κ3) is 3.73. The molecule has 5 heteroatoms. The molecule has 0 spiro atoms. The van der Waals surface area contributed by atoms with E-state index < -0.39 is 5.60 Å². The number of amides is 1. The molecule has 0 N–H and O–H groups in total. The van der Waals surface area contributed by atoms with Crippen molar-refractivity contribution in [2.45, 2.75) is 38.4 Å². The van der Waals surface area contributed by atoms with Gasteiger partial charge in [-0.15, -0.1) is 0 Å². The van der Waals surface area contributed by atoms with E-state index in [9.17, 15) is 4.79 Å². The summed E-state index contributed by atoms with van der Waals surface area (Å²) in [5, 5.41) is 0. The largest absolute Gasteiger partial charge is 0.378 e. The molecule has 2 fully saturated rings. The van der Waals surface area contributed by atoms with Gasteiger partial charge in [-0.2, -0.15) is 0 Å². The van der Waals surface area contributed by atoms with Crippen LogP contribution >= 0.6 is 0 Å². The quantitative estimate of drug-likeness (QED) is 0.848. The topological polar surface area (TPSA) is 42.0 Å². The fourth-order valence-electron chi connectivity index (χ4n) is 3.62. The summed E-state index contributed by atoms with van der Waals surface area (Å²) in [5.74, 6) is 0.101. The van der Waals surface area contributed by atoms with Crippen LogP contribution in [0.5, 0.6) is 0 Å². The number of carbonyl (C=O) groups excluding carboxylic acids is 1. The van der Waals surface area contributed by atoms with Gasteiger partial charge in [0.1, 0.15) is 0 Å². The Morgan fingerprint density at radius 1 is 1.17 bits per heavy atom. The molecule has 1 amide bonds. The monoisotopic (exact) mass is 332 g/mol. The number of benzene rings is 1. The molecule has 5 nitrogen and oxygen atoms in total. The highest BCUT2D eigenvalue weighted by molar-refractivity contribution is 5.86. The standard InChI is InChI=1S/C19H28N2O3/c1-16(2)24-19(9-14-23-15-19)18(22)21-11-6-10-20(12-13-21)17-7-4-3-5-8-17/h3-5,7-8,16H,6,9-15H2,1-2H3. The van der Waals surface area contributed by atoms with Crippen molar-refractivity contribution in [1.29, 1.82) is 0 Å². The van der Waals surface area contributed by atoms with Crippen molar-refractivity contribution < 1.29 is 14.3 Å². The van der Waals surface area contributed by atoms with Crippen molar-refractivity contribution in [3.63, 3.8) is 0 Å². The molecule has 3 rings (SSSR count). The molecular weight excluding hydrogens is 304 g/mol. The van der Waals surface area contributed by atoms with E-state index in [0.717, 1.165) is 32.6 Å². The summed E-state index contributed by atoms with van der Waals surface area (Å²) >= 11 is 0. The van der Waals surface area contributed by atoms with E-state index in [1.165, 1.54) is 5.69 Å². The Labute approximate surface area is 144 Å². The first kappa shape index (κ1) is 17.2. The number of para-hydroxylation sites is 1. The molecule has 2 saturated heterocycles. The third-order valence-electron chi connectivity index (χ3n) is 4.74. The van der Waals surface area contributed by atoms with Gasteiger partial charge in [0.15, 0.2) is 5.60 Å². The molecule has 0 aliphatic carbocycles. The van der Waals surface area contributed by atoms with Crippen molar-refractivity contribution in [2.24, 2.45) is 0 Å². The summed E-state index contributed by atoms with van der Waals surface area (Å²) in [5.41, 5.74) is 0.444. The van der Waals surface area contributed by atoms with Gasteiger partial charge >= 0.3 is 0 Å². The summed E-state index contributed by atoms with van der Waals surface area (Å²) in [6.45, 7) is 8.28. The molecule has 0 saturated carbocycles. The minimum absolute atomic E-state index is 0.0171. The zero-order chi connectivity index (χ0) is 17.0. The van der Waals surface area contributed by atoms with Crippen molar-refractivity contribution in [2.75, 3.05) is 44.3 Å². The SMILES string of the molecule is CC(C)OC1(C(=O)N2CCCN(c3ccccc3)CC2)CCOC1. The lowest BCUT2D eigenvalue weighted by atomic mass is 10.0. The Bertz CT molecular complexity index is 541. The molecule has 1 atom stereocenters. The fourth-order valence-corrected chi connectivity index (χ4v) is 3.62. The summed E-state index contributed by atoms with van der Waals surface area (Å²) in [4.78, 5) is 17.5. The number of carbonyl (C=O) groups is 1. The maximum atomic E-state index is 13.2. The molecule has 24 heavy (non-hydrogen) atoms. The number of hydrogen-bond donors (Lipinski definition) is 0. The number of ether oxygens (including phenoxy) is 2. The van der Waals surface area contributed by atoms with Crippen LogP contribution in [0.3, 0.4) is 0 Å². The van der Waals surface area contributed by atoms with Gasteiger partial charge in [-0.05, 0) is 32.4 Å². The predicted octanol–water partition coefficient (Wildman–Crippen LogP) is 2.31. The van der Waals surface area contributed by atoms with Crippen molar-refractivity contribution in [3.05, 3.63) is 30.3 Å². The highest BCUT2D eigenvalue weighted by atomic mass is 16.6. The van der Waals surface area contributed by atoms with E-state index in [1.54, 1.807) is 0 Å². The lowest BCUT2D eigenvalue weighted by Gasteiger charge is -2.34. The van der Waals surface area contributed by atoms with Crippen LogP contribution in [0.15, 0.2) is 30.3 Å². The van der Waals surface area contributed by atoms with Crippen LogP contribution in [0.4, 0.5) is 5.69 Å². The summed E-state index contributed by atoms with van der Waals surface area (Å²) < 4.78 is 11.5. The van der Waals surface area contributed by atoms with Gasteiger partial charge in [0.2, 0.25) is 0 Å². The molecule has 1 unspecified atom stereocenters. The summed E-state index contributed by atoms with van der Waals surface area (Å²) in [7, 11) is 0. The molecule has 2 heterocycles. The first-order valence-corrected chi connectivity index (χ1v) is 8.96. The van der Waals surface area contributed by atoms with E-state index in [2.05, 4.69) is 29.2 Å². The number of rotatable bonds is 4. The Balaban J connectivity index is 1.67. The summed E-state index contributed by atoms with van der Waals surface area (Å²) in [6, 6.07) is 10.4. The van der Waals surface area contributed by atoms with E-state index in [1.807, 2.05) is 24.8 Å². The van der Waals surface area contributed by atoms with E-state index in [-0.39, 0.29) is 12.0 Å². The highest BCUT2D eigenvalue weighted by Gasteiger charge is 2.46. The first-order valence-electron chi connectivity index (χ1n) is 8.96. The Morgan fingerprint density at radius 2 is 1.96 bits per heavy atom. The van der Waals surface area contributed by atoms with E-state index in [0.29, 0.717) is 19.6 Å². The van der Waals surface area contributed by atoms with Crippen LogP contribution in [0, 0.1) is 0 Å². The van der Waals surface area contributed by atoms with Crippen LogP contribution < -0.4 is 4.90 Å². The molecule has 0 bridgehead atoms. The van der Waals surface area contributed by atoms with Gasteiger partial charge in [0, 0.05) is 38.3 Å². The minimum Gasteiger partial charge on any atom is -0.378 e. The van der Waals surface area contributed by atoms with Gasteiger partial charge in [0.25, 0.3) is 5.91 Å². The lowest BCUT2D eigenvalue weighted by Crippen LogP contribution is -2.53. The normalized spacial score (nSPS) is 25.1. The molecule has 132 valence electrons. The van der Waals surface area contributed by atoms with Gasteiger partial charge < -0.3 is 19.3 Å². The molecule has 0 aromatic heterocycles. The summed E-state index contributed by atoms with van der Waals surface area (Å²) in [6.07, 6.45) is 1.64. The van der Waals surface area contributed by atoms with Crippen molar-refractivity contribution in [3.8, 4) is 0 Å². The van der Waals surface area contributed by atoms with Crippen LogP contribution in [0.1, 0.15) is 26.7 Å². The van der Waals surface area contributed by atoms with Gasteiger partial charge in [-0.25, -0.2) is 0 Å². The average molecular weight is 332 g/mol. The predicted molar refractivity (Wildman–Crippen MR) is 94.2 cm³/mol. The molecule has 1 aromatic carbocycles. The number of hydrogen-bond acceptors (Lipinski definition) is 4. The fraction of sp³-hybridized carbons (Fsp3) is 0.632. The second kappa shape index (κ2) is 7.53. The van der Waals surface area contributed by atoms with Crippen LogP contribution in [0.2, 0.25) is 0 Å². The van der Waals surface area contributed by atoms with Gasteiger partial charge in [0.05, 0.1) is 19.3 Å². The molecular formula is C19H28N2O3. The van der Waals surface area contributed by atoms with Gasteiger partial charge in [-0.1, -0.05) is 18.2 Å². The second-order valence-corrected chi connectivity index (χ2v) is 6.93. The molecule has 2 aliphatic rings. The Hall–Kier alpha value is -1.59. The second-order valence-electron chi connectivity index (χ2n) is 6.93. The third-order valence-corrected chi connectivity index (χ3v) is 4.74. The van der Waals surface area contributed by atoms with Crippen LogP contribution in [-0.2, 0) is 14.3 Å². The Morgan fingerprint density at radius 3 is 2.62 bits per heavy atom. The maximum absolute atomic E-state index is 13.2. The zero-order valence-corrected chi connectivity index (χ0v) is 14.7. The van der Waals surface area contributed by atoms with Crippen molar-refractivity contribution >= 4 is 11.6 Å². The molecule has 1 aromatic rings. The zero-order valence-electron chi connectivity index (χ0n) is 14.7. The lowest BCUT2D eigenvalue weighted by molar-refractivity contribution is -0.164. The molecule has 2 aliphatic heterocycles. The highest BCUT2D eigenvalue weighted by Crippen LogP contribution is 2.28. The first-order chi connectivity index (χ1) is 11.6. The average Bonchev–Trinajstić information content (AvgIpc) is 2.91. The van der Waals surface area contributed by atoms with E-state index in [4.69, 9.17) is 9.47 Å². The minimum atomic E-state index is -0.782. The Kier molecular flexibility index (Phi) is 5.41. The number of nitrogens with zero attached hydrogens (tertiary/aromatic N) is 2. The van der Waals surface area contributed by atoms with Gasteiger partial charge in [-0.3, -0.25) is 4.79 Å².